The number of amides is 1. The van der Waals surface area contributed by atoms with Gasteiger partial charge in [0, 0.05) is 24.4 Å². The number of rotatable bonds is 7. The van der Waals surface area contributed by atoms with Gasteiger partial charge in [0.15, 0.2) is 9.84 Å². The summed E-state index contributed by atoms with van der Waals surface area (Å²) in [5, 5.41) is 9.12. The van der Waals surface area contributed by atoms with E-state index in [-0.39, 0.29) is 23.4 Å². The van der Waals surface area contributed by atoms with Gasteiger partial charge < -0.3 is 10.0 Å². The van der Waals surface area contributed by atoms with Gasteiger partial charge in [0.05, 0.1) is 10.8 Å². The van der Waals surface area contributed by atoms with Crippen LogP contribution in [-0.2, 0) is 21.1 Å². The van der Waals surface area contributed by atoms with Gasteiger partial charge in [-0.25, -0.2) is 8.42 Å². The maximum atomic E-state index is 13.0. The van der Waals surface area contributed by atoms with Gasteiger partial charge in [-0.1, -0.05) is 19.9 Å². The minimum absolute atomic E-state index is 0.0471. The molecule has 6 nitrogen and oxygen atoms in total. The van der Waals surface area contributed by atoms with Crippen LogP contribution in [0.2, 0.25) is 0 Å². The van der Waals surface area contributed by atoms with Crippen molar-refractivity contribution in [3.8, 4) is 0 Å². The van der Waals surface area contributed by atoms with E-state index in [1.807, 2.05) is 6.92 Å². The lowest BCUT2D eigenvalue weighted by atomic mass is 10.0. The number of carboxylic acid groups (broad SMARTS) is 1. The fourth-order valence-corrected chi connectivity index (χ4v) is 3.25. The third-order valence-electron chi connectivity index (χ3n) is 4.26. The van der Waals surface area contributed by atoms with E-state index in [0.29, 0.717) is 12.0 Å². The molecule has 1 aliphatic rings. The molecule has 24 heavy (non-hydrogen) atoms. The molecule has 1 unspecified atom stereocenters. The zero-order valence-electron chi connectivity index (χ0n) is 14.2. The molecule has 0 spiro atoms. The van der Waals surface area contributed by atoms with E-state index in [2.05, 4.69) is 0 Å². The number of sulfone groups is 1. The molecule has 1 aliphatic carbocycles. The predicted molar refractivity (Wildman–Crippen MR) is 89.8 cm³/mol. The zero-order valence-corrected chi connectivity index (χ0v) is 15.0. The Labute approximate surface area is 142 Å². The summed E-state index contributed by atoms with van der Waals surface area (Å²) in [6.45, 7) is 3.59. The highest BCUT2D eigenvalue weighted by Gasteiger charge is 2.35. The van der Waals surface area contributed by atoms with Crippen LogP contribution in [0.3, 0.4) is 0 Å². The first kappa shape index (κ1) is 18.4. The first-order chi connectivity index (χ1) is 11.1. The largest absolute Gasteiger partial charge is 0.481 e. The van der Waals surface area contributed by atoms with Gasteiger partial charge in [0.25, 0.3) is 5.91 Å². The molecular formula is C17H23NO5S. The van der Waals surface area contributed by atoms with E-state index in [0.717, 1.165) is 24.7 Å². The number of hydrogen-bond donors (Lipinski definition) is 1. The summed E-state index contributed by atoms with van der Waals surface area (Å²) in [7, 11) is -3.42. The van der Waals surface area contributed by atoms with Crippen molar-refractivity contribution in [3.05, 3.63) is 29.3 Å². The fourth-order valence-electron chi connectivity index (χ4n) is 2.61. The maximum absolute atomic E-state index is 13.0. The lowest BCUT2D eigenvalue weighted by molar-refractivity contribution is -0.141. The van der Waals surface area contributed by atoms with Crippen molar-refractivity contribution >= 4 is 21.7 Å². The Kier molecular flexibility index (Phi) is 5.32. The third-order valence-corrected chi connectivity index (χ3v) is 5.37. The molecule has 2 rings (SSSR count). The number of benzene rings is 1. The summed E-state index contributed by atoms with van der Waals surface area (Å²) in [5.41, 5.74) is 1.12. The van der Waals surface area contributed by atoms with Crippen molar-refractivity contribution < 1.29 is 23.1 Å². The molecule has 0 radical (unpaired) electrons. The number of aryl methyl sites for hydroxylation is 1. The predicted octanol–water partition coefficient (Wildman–Crippen LogP) is 1.98. The van der Waals surface area contributed by atoms with Gasteiger partial charge in [-0.05, 0) is 37.0 Å². The Balaban J connectivity index is 2.40. The second kappa shape index (κ2) is 6.93. The summed E-state index contributed by atoms with van der Waals surface area (Å²) >= 11 is 0. The third kappa shape index (κ3) is 4.14. The number of carboxylic acids is 1. The van der Waals surface area contributed by atoms with Crippen LogP contribution in [0.4, 0.5) is 0 Å². The molecule has 1 fully saturated rings. The van der Waals surface area contributed by atoms with Gasteiger partial charge in [-0.2, -0.15) is 0 Å². The molecule has 7 heteroatoms. The van der Waals surface area contributed by atoms with Crippen molar-refractivity contribution in [3.63, 3.8) is 0 Å². The van der Waals surface area contributed by atoms with E-state index in [9.17, 15) is 18.0 Å². The van der Waals surface area contributed by atoms with Gasteiger partial charge in [-0.3, -0.25) is 9.59 Å². The Morgan fingerprint density at radius 1 is 1.33 bits per heavy atom. The minimum Gasteiger partial charge on any atom is -0.481 e. The van der Waals surface area contributed by atoms with Crippen LogP contribution < -0.4 is 0 Å². The van der Waals surface area contributed by atoms with E-state index >= 15 is 0 Å². The molecule has 1 amide bonds. The lowest BCUT2D eigenvalue weighted by Gasteiger charge is -2.25. The number of aliphatic carboxylic acids is 1. The highest BCUT2D eigenvalue weighted by Crippen LogP contribution is 2.30. The second-order valence-corrected chi connectivity index (χ2v) is 8.39. The Hall–Kier alpha value is -1.89. The molecular weight excluding hydrogens is 330 g/mol. The highest BCUT2D eigenvalue weighted by molar-refractivity contribution is 7.90. The van der Waals surface area contributed by atoms with E-state index in [4.69, 9.17) is 5.11 Å². The maximum Gasteiger partial charge on any atom is 0.308 e. The van der Waals surface area contributed by atoms with Crippen LogP contribution in [-0.4, -0.2) is 49.1 Å². The van der Waals surface area contributed by atoms with Crippen molar-refractivity contribution in [2.75, 3.05) is 12.8 Å². The molecule has 0 heterocycles. The quantitative estimate of drug-likeness (QED) is 0.809. The molecule has 0 aromatic heterocycles. The van der Waals surface area contributed by atoms with Crippen molar-refractivity contribution in [2.24, 2.45) is 5.92 Å². The molecule has 1 aromatic carbocycles. The van der Waals surface area contributed by atoms with Crippen LogP contribution in [0.1, 0.15) is 42.6 Å². The van der Waals surface area contributed by atoms with Crippen LogP contribution in [0.25, 0.3) is 0 Å². The van der Waals surface area contributed by atoms with Gasteiger partial charge in [0.2, 0.25) is 0 Å². The topological polar surface area (TPSA) is 91.8 Å². The summed E-state index contributed by atoms with van der Waals surface area (Å²) in [6.07, 6.45) is 3.40. The number of hydrogen-bond acceptors (Lipinski definition) is 4. The van der Waals surface area contributed by atoms with Crippen LogP contribution in [0.15, 0.2) is 23.1 Å². The van der Waals surface area contributed by atoms with Crippen LogP contribution in [0, 0.1) is 5.92 Å². The molecule has 0 aliphatic heterocycles. The summed E-state index contributed by atoms with van der Waals surface area (Å²) in [6, 6.07) is 4.63. The van der Waals surface area contributed by atoms with E-state index in [1.165, 1.54) is 12.1 Å². The van der Waals surface area contributed by atoms with Crippen molar-refractivity contribution in [1.82, 2.24) is 4.90 Å². The Bertz CT molecular complexity index is 752. The van der Waals surface area contributed by atoms with Gasteiger partial charge in [0.1, 0.15) is 0 Å². The minimum atomic E-state index is -3.42. The number of nitrogens with zero attached hydrogens (tertiary/aromatic N) is 1. The first-order valence-corrected chi connectivity index (χ1v) is 9.91. The van der Waals surface area contributed by atoms with E-state index in [1.54, 1.807) is 17.9 Å². The van der Waals surface area contributed by atoms with Crippen LogP contribution >= 0.6 is 0 Å². The standard InChI is InChI=1S/C17H23NO5S/c1-4-12-5-8-14(24(3,22)23)9-15(12)16(19)18(13-6-7-13)10-11(2)17(20)21/h5,8-9,11,13H,4,6-7,10H2,1-3H3,(H,20,21). The molecule has 1 N–H and O–H groups in total. The first-order valence-electron chi connectivity index (χ1n) is 8.02. The SMILES string of the molecule is CCc1ccc(S(C)(=O)=O)cc1C(=O)N(CC(C)C(=O)O)C1CC1. The highest BCUT2D eigenvalue weighted by atomic mass is 32.2. The zero-order chi connectivity index (χ0) is 18.1. The number of carbonyl (C=O) groups excluding carboxylic acids is 1. The Morgan fingerprint density at radius 2 is 1.96 bits per heavy atom. The summed E-state index contributed by atoms with van der Waals surface area (Å²) < 4.78 is 23.6. The monoisotopic (exact) mass is 353 g/mol. The molecule has 0 bridgehead atoms. The molecule has 132 valence electrons. The van der Waals surface area contributed by atoms with Crippen molar-refractivity contribution in [1.29, 1.82) is 0 Å². The smallest absolute Gasteiger partial charge is 0.308 e. The van der Waals surface area contributed by atoms with Gasteiger partial charge in [-0.15, -0.1) is 0 Å². The number of carbonyl (C=O) groups is 2. The van der Waals surface area contributed by atoms with Crippen molar-refractivity contribution in [2.45, 2.75) is 44.0 Å². The second-order valence-electron chi connectivity index (χ2n) is 6.37. The average molecular weight is 353 g/mol. The van der Waals surface area contributed by atoms with Crippen LogP contribution in [0.5, 0.6) is 0 Å². The molecule has 1 saturated carbocycles. The average Bonchev–Trinajstić information content (AvgIpc) is 3.34. The van der Waals surface area contributed by atoms with E-state index < -0.39 is 21.7 Å². The summed E-state index contributed by atoms with van der Waals surface area (Å²) in [4.78, 5) is 25.8. The van der Waals surface area contributed by atoms with Gasteiger partial charge >= 0.3 is 5.97 Å². The summed E-state index contributed by atoms with van der Waals surface area (Å²) in [5.74, 6) is -1.90. The molecule has 0 saturated heterocycles. The lowest BCUT2D eigenvalue weighted by Crippen LogP contribution is -2.39. The normalized spacial score (nSPS) is 15.8. The molecule has 1 aromatic rings. The fraction of sp³-hybridized carbons (Fsp3) is 0.529. The molecule has 1 atom stereocenters. The Morgan fingerprint density at radius 3 is 2.42 bits per heavy atom.